The molecule has 0 atom stereocenters. The Morgan fingerprint density at radius 3 is 1.70 bits per heavy atom. The molecule has 0 aromatic rings. The van der Waals surface area contributed by atoms with Gasteiger partial charge in [0.1, 0.15) is 0 Å². The van der Waals surface area contributed by atoms with E-state index < -0.39 is 0 Å². The Balaban J connectivity index is 2.67. The maximum Gasteiger partial charge on any atom is 0.0695 e. The van der Waals surface area contributed by atoms with E-state index >= 15 is 0 Å². The zero-order valence-electron chi connectivity index (χ0n) is 7.28. The summed E-state index contributed by atoms with van der Waals surface area (Å²) in [6.07, 6.45) is 4.40. The Kier molecular flexibility index (Phi) is 1.80. The topological polar surface area (TPSA) is 20.2 Å². The molecule has 0 amide bonds. The predicted molar refractivity (Wildman–Crippen MR) is 42.9 cm³/mol. The molecule has 0 radical (unpaired) electrons. The maximum absolute atomic E-state index is 10.0. The standard InChI is InChI=1S/C9H18O/c1-8(2,3)9(10)6-4-5-7-9/h10H,4-7H2,1-3H3. The second-order valence-corrected chi connectivity index (χ2v) is 4.49. The normalized spacial score (nSPS) is 25.2. The minimum atomic E-state index is -0.368. The van der Waals surface area contributed by atoms with Crippen molar-refractivity contribution in [3.8, 4) is 0 Å². The summed E-state index contributed by atoms with van der Waals surface area (Å²) in [6.45, 7) is 6.37. The Morgan fingerprint density at radius 2 is 1.50 bits per heavy atom. The van der Waals surface area contributed by atoms with Crippen molar-refractivity contribution in [3.05, 3.63) is 0 Å². The van der Waals surface area contributed by atoms with Crippen LogP contribution in [0.1, 0.15) is 46.5 Å². The molecule has 1 fully saturated rings. The molecule has 0 unspecified atom stereocenters. The molecule has 1 heteroatoms. The van der Waals surface area contributed by atoms with Gasteiger partial charge in [-0.05, 0) is 18.3 Å². The summed E-state index contributed by atoms with van der Waals surface area (Å²) in [6, 6.07) is 0. The van der Waals surface area contributed by atoms with Gasteiger partial charge in [-0.1, -0.05) is 33.6 Å². The van der Waals surface area contributed by atoms with Gasteiger partial charge >= 0.3 is 0 Å². The molecule has 0 aliphatic heterocycles. The highest BCUT2D eigenvalue weighted by Gasteiger charge is 2.41. The first-order valence-electron chi connectivity index (χ1n) is 4.18. The molecule has 1 rings (SSSR count). The van der Waals surface area contributed by atoms with Gasteiger partial charge in [-0.3, -0.25) is 0 Å². The van der Waals surface area contributed by atoms with Crippen molar-refractivity contribution in [1.82, 2.24) is 0 Å². The third-order valence-electron chi connectivity index (χ3n) is 2.83. The van der Waals surface area contributed by atoms with Gasteiger partial charge in [0.05, 0.1) is 5.60 Å². The third-order valence-corrected chi connectivity index (χ3v) is 2.83. The molecule has 0 spiro atoms. The number of hydrogen-bond donors (Lipinski definition) is 1. The van der Waals surface area contributed by atoms with E-state index in [1.54, 1.807) is 0 Å². The lowest BCUT2D eigenvalue weighted by Gasteiger charge is -2.36. The van der Waals surface area contributed by atoms with Gasteiger partial charge in [0.25, 0.3) is 0 Å². The van der Waals surface area contributed by atoms with Crippen LogP contribution in [0.2, 0.25) is 0 Å². The molecule has 0 aromatic heterocycles. The van der Waals surface area contributed by atoms with Crippen molar-refractivity contribution in [1.29, 1.82) is 0 Å². The van der Waals surface area contributed by atoms with Gasteiger partial charge in [0.15, 0.2) is 0 Å². The first-order valence-corrected chi connectivity index (χ1v) is 4.18. The minimum Gasteiger partial charge on any atom is -0.389 e. The Labute approximate surface area is 63.4 Å². The van der Waals surface area contributed by atoms with E-state index in [1.165, 1.54) is 12.8 Å². The summed E-state index contributed by atoms with van der Waals surface area (Å²) in [4.78, 5) is 0. The van der Waals surface area contributed by atoms with Crippen LogP contribution in [0.4, 0.5) is 0 Å². The van der Waals surface area contributed by atoms with Crippen LogP contribution in [0.25, 0.3) is 0 Å². The van der Waals surface area contributed by atoms with E-state index in [2.05, 4.69) is 20.8 Å². The molecule has 0 bridgehead atoms. The lowest BCUT2D eigenvalue weighted by Crippen LogP contribution is -2.39. The second-order valence-electron chi connectivity index (χ2n) is 4.49. The van der Waals surface area contributed by atoms with E-state index in [-0.39, 0.29) is 11.0 Å². The maximum atomic E-state index is 10.0. The van der Waals surface area contributed by atoms with Crippen molar-refractivity contribution in [2.24, 2.45) is 5.41 Å². The van der Waals surface area contributed by atoms with E-state index in [0.29, 0.717) is 0 Å². The molecule has 0 heterocycles. The van der Waals surface area contributed by atoms with Crippen LogP contribution in [0.5, 0.6) is 0 Å². The number of rotatable bonds is 0. The number of aliphatic hydroxyl groups is 1. The highest BCUT2D eigenvalue weighted by Crippen LogP contribution is 2.42. The fourth-order valence-corrected chi connectivity index (χ4v) is 1.71. The lowest BCUT2D eigenvalue weighted by atomic mass is 9.75. The van der Waals surface area contributed by atoms with Crippen LogP contribution in [0, 0.1) is 5.41 Å². The summed E-state index contributed by atoms with van der Waals surface area (Å²) in [5, 5.41) is 10.0. The minimum absolute atomic E-state index is 0.0729. The van der Waals surface area contributed by atoms with Crippen LogP contribution >= 0.6 is 0 Å². The lowest BCUT2D eigenvalue weighted by molar-refractivity contribution is -0.0513. The van der Waals surface area contributed by atoms with Gasteiger partial charge in [0, 0.05) is 0 Å². The molecule has 10 heavy (non-hydrogen) atoms. The van der Waals surface area contributed by atoms with Crippen molar-refractivity contribution in [3.63, 3.8) is 0 Å². The molecular weight excluding hydrogens is 124 g/mol. The average molecular weight is 142 g/mol. The molecule has 1 saturated carbocycles. The smallest absolute Gasteiger partial charge is 0.0695 e. The number of hydrogen-bond acceptors (Lipinski definition) is 1. The predicted octanol–water partition coefficient (Wildman–Crippen LogP) is 2.34. The van der Waals surface area contributed by atoms with Gasteiger partial charge in [-0.25, -0.2) is 0 Å². The molecule has 1 aliphatic carbocycles. The van der Waals surface area contributed by atoms with Crippen LogP contribution in [0.3, 0.4) is 0 Å². The molecule has 1 nitrogen and oxygen atoms in total. The monoisotopic (exact) mass is 142 g/mol. The molecular formula is C9H18O. The van der Waals surface area contributed by atoms with Crippen LogP contribution in [-0.4, -0.2) is 10.7 Å². The van der Waals surface area contributed by atoms with E-state index in [1.807, 2.05) is 0 Å². The first kappa shape index (κ1) is 8.06. The molecule has 0 aromatic carbocycles. The molecule has 60 valence electrons. The van der Waals surface area contributed by atoms with E-state index in [0.717, 1.165) is 12.8 Å². The quantitative estimate of drug-likeness (QED) is 0.550. The summed E-state index contributed by atoms with van der Waals surface area (Å²) in [7, 11) is 0. The van der Waals surface area contributed by atoms with Gasteiger partial charge in [-0.15, -0.1) is 0 Å². The average Bonchev–Trinajstić information content (AvgIpc) is 2.13. The highest BCUT2D eigenvalue weighted by atomic mass is 16.3. The Hall–Kier alpha value is -0.0400. The molecule has 1 N–H and O–H groups in total. The van der Waals surface area contributed by atoms with Crippen molar-refractivity contribution in [2.75, 3.05) is 0 Å². The van der Waals surface area contributed by atoms with Crippen LogP contribution < -0.4 is 0 Å². The van der Waals surface area contributed by atoms with Crippen molar-refractivity contribution >= 4 is 0 Å². The van der Waals surface area contributed by atoms with Crippen LogP contribution in [-0.2, 0) is 0 Å². The third kappa shape index (κ3) is 1.20. The summed E-state index contributed by atoms with van der Waals surface area (Å²) in [5.41, 5.74) is -0.295. The van der Waals surface area contributed by atoms with Gasteiger partial charge < -0.3 is 5.11 Å². The van der Waals surface area contributed by atoms with Gasteiger partial charge in [0.2, 0.25) is 0 Å². The second kappa shape index (κ2) is 2.23. The Bertz CT molecular complexity index is 115. The zero-order chi connectivity index (χ0) is 7.83. The summed E-state index contributed by atoms with van der Waals surface area (Å²) in [5.74, 6) is 0. The molecule has 1 aliphatic rings. The fourth-order valence-electron chi connectivity index (χ4n) is 1.71. The Morgan fingerprint density at radius 1 is 1.10 bits per heavy atom. The molecule has 0 saturated heterocycles. The van der Waals surface area contributed by atoms with Crippen molar-refractivity contribution < 1.29 is 5.11 Å². The fraction of sp³-hybridized carbons (Fsp3) is 1.00. The van der Waals surface area contributed by atoms with Crippen LogP contribution in [0.15, 0.2) is 0 Å². The SMILES string of the molecule is CC(C)(C)C1(O)CCCC1. The van der Waals surface area contributed by atoms with E-state index in [9.17, 15) is 5.11 Å². The van der Waals surface area contributed by atoms with E-state index in [4.69, 9.17) is 0 Å². The van der Waals surface area contributed by atoms with Gasteiger partial charge in [-0.2, -0.15) is 0 Å². The summed E-state index contributed by atoms with van der Waals surface area (Å²) >= 11 is 0. The highest BCUT2D eigenvalue weighted by molar-refractivity contribution is 4.93. The van der Waals surface area contributed by atoms with Crippen molar-refractivity contribution in [2.45, 2.75) is 52.1 Å². The summed E-state index contributed by atoms with van der Waals surface area (Å²) < 4.78 is 0. The first-order chi connectivity index (χ1) is 4.46. The zero-order valence-corrected chi connectivity index (χ0v) is 7.28. The largest absolute Gasteiger partial charge is 0.389 e.